The molecule has 1 aliphatic rings. The molecule has 1 amide bonds. The van der Waals surface area contributed by atoms with E-state index >= 15 is 0 Å². The fourth-order valence-electron chi connectivity index (χ4n) is 3.14. The summed E-state index contributed by atoms with van der Waals surface area (Å²) in [6, 6.07) is 11.7. The number of rotatable bonds is 3. The fourth-order valence-corrected chi connectivity index (χ4v) is 3.14. The maximum atomic E-state index is 12.7. The first-order valence-corrected chi connectivity index (χ1v) is 8.81. The van der Waals surface area contributed by atoms with Crippen LogP contribution in [-0.2, 0) is 0 Å². The molecule has 0 aliphatic carbocycles. The van der Waals surface area contributed by atoms with Crippen molar-refractivity contribution in [2.75, 3.05) is 31.1 Å². The Balaban J connectivity index is 1.41. The smallest absolute Gasteiger partial charge is 0.253 e. The van der Waals surface area contributed by atoms with Crippen LogP contribution in [0.4, 0.5) is 5.82 Å². The number of carbonyl (C=O) groups is 1. The lowest BCUT2D eigenvalue weighted by Gasteiger charge is -2.35. The third-order valence-corrected chi connectivity index (χ3v) is 4.77. The Morgan fingerprint density at radius 1 is 1.00 bits per heavy atom. The molecule has 0 N–H and O–H groups in total. The first-order chi connectivity index (χ1) is 12.6. The summed E-state index contributed by atoms with van der Waals surface area (Å²) in [5.74, 6) is 1.37. The van der Waals surface area contributed by atoms with Gasteiger partial charge < -0.3 is 9.80 Å². The van der Waals surface area contributed by atoms with E-state index < -0.39 is 0 Å². The molecule has 3 heterocycles. The van der Waals surface area contributed by atoms with E-state index in [1.165, 1.54) is 10.2 Å². The highest BCUT2D eigenvalue weighted by atomic mass is 16.2. The lowest BCUT2D eigenvalue weighted by molar-refractivity contribution is 0.0746. The highest BCUT2D eigenvalue weighted by molar-refractivity contribution is 5.94. The zero-order valence-corrected chi connectivity index (χ0v) is 14.9. The number of aromatic nitrogens is 5. The zero-order valence-electron chi connectivity index (χ0n) is 14.9. The summed E-state index contributed by atoms with van der Waals surface area (Å²) in [4.78, 5) is 16.8. The van der Waals surface area contributed by atoms with Crippen LogP contribution in [0.2, 0.25) is 0 Å². The summed E-state index contributed by atoms with van der Waals surface area (Å²) in [6.45, 7) is 7.10. The van der Waals surface area contributed by atoms with Crippen LogP contribution >= 0.6 is 0 Å². The summed E-state index contributed by atoms with van der Waals surface area (Å²) in [6.07, 6.45) is 0. The minimum Gasteiger partial charge on any atom is -0.352 e. The standard InChI is InChI=1S/C18H21N7O/c1-13(2)14-3-5-15(6-4-14)18(26)24-11-9-23(10-12-24)17-8-7-16-19-21-22-25(16)20-17/h3-8,13H,9-12H2,1-2H3. The highest BCUT2D eigenvalue weighted by Gasteiger charge is 2.23. The van der Waals surface area contributed by atoms with Crippen molar-refractivity contribution in [1.82, 2.24) is 30.2 Å². The first-order valence-electron chi connectivity index (χ1n) is 8.81. The van der Waals surface area contributed by atoms with Gasteiger partial charge in [-0.3, -0.25) is 4.79 Å². The van der Waals surface area contributed by atoms with Gasteiger partial charge in [0.15, 0.2) is 11.5 Å². The maximum Gasteiger partial charge on any atom is 0.253 e. The summed E-state index contributed by atoms with van der Waals surface area (Å²) in [5, 5.41) is 15.7. The molecule has 1 saturated heterocycles. The molecule has 0 radical (unpaired) electrons. The molecule has 8 nitrogen and oxygen atoms in total. The Labute approximate surface area is 151 Å². The van der Waals surface area contributed by atoms with Crippen LogP contribution in [-0.4, -0.2) is 62.2 Å². The van der Waals surface area contributed by atoms with E-state index in [-0.39, 0.29) is 5.91 Å². The van der Waals surface area contributed by atoms with Crippen molar-refractivity contribution in [2.24, 2.45) is 0 Å². The number of amides is 1. The molecule has 26 heavy (non-hydrogen) atoms. The van der Waals surface area contributed by atoms with Crippen molar-refractivity contribution in [3.63, 3.8) is 0 Å². The summed E-state index contributed by atoms with van der Waals surface area (Å²) in [5.41, 5.74) is 2.61. The van der Waals surface area contributed by atoms with Crippen molar-refractivity contribution >= 4 is 17.4 Å². The molecule has 1 aliphatic heterocycles. The van der Waals surface area contributed by atoms with Gasteiger partial charge in [0.05, 0.1) is 0 Å². The fraction of sp³-hybridized carbons (Fsp3) is 0.389. The predicted octanol–water partition coefficient (Wildman–Crippen LogP) is 1.61. The first kappa shape index (κ1) is 16.4. The lowest BCUT2D eigenvalue weighted by Crippen LogP contribution is -2.49. The van der Waals surface area contributed by atoms with Gasteiger partial charge in [-0.1, -0.05) is 26.0 Å². The van der Waals surface area contributed by atoms with Gasteiger partial charge in [0.1, 0.15) is 0 Å². The van der Waals surface area contributed by atoms with Gasteiger partial charge in [0, 0.05) is 31.7 Å². The van der Waals surface area contributed by atoms with E-state index in [2.05, 4.69) is 39.4 Å². The van der Waals surface area contributed by atoms with Crippen molar-refractivity contribution in [1.29, 1.82) is 0 Å². The number of carbonyl (C=O) groups excluding carboxylic acids is 1. The van der Waals surface area contributed by atoms with E-state index in [4.69, 9.17) is 0 Å². The van der Waals surface area contributed by atoms with Gasteiger partial charge in [-0.2, -0.15) is 0 Å². The quantitative estimate of drug-likeness (QED) is 0.713. The Hall–Kier alpha value is -3.03. The Kier molecular flexibility index (Phi) is 4.24. The number of fused-ring (bicyclic) bond motifs is 1. The number of anilines is 1. The van der Waals surface area contributed by atoms with Gasteiger partial charge in [-0.25, -0.2) is 0 Å². The number of hydrogen-bond donors (Lipinski definition) is 0. The second-order valence-corrected chi connectivity index (χ2v) is 6.77. The summed E-state index contributed by atoms with van der Waals surface area (Å²) >= 11 is 0. The molecule has 134 valence electrons. The van der Waals surface area contributed by atoms with Crippen LogP contribution in [0.3, 0.4) is 0 Å². The largest absolute Gasteiger partial charge is 0.352 e. The van der Waals surface area contributed by atoms with Crippen LogP contribution in [0, 0.1) is 0 Å². The third kappa shape index (κ3) is 3.10. The molecule has 0 spiro atoms. The number of tetrazole rings is 1. The molecule has 0 unspecified atom stereocenters. The molecular weight excluding hydrogens is 330 g/mol. The molecule has 3 aromatic rings. The van der Waals surface area contributed by atoms with Crippen LogP contribution in [0.1, 0.15) is 35.7 Å². The Morgan fingerprint density at radius 3 is 2.42 bits per heavy atom. The molecule has 4 rings (SSSR count). The van der Waals surface area contributed by atoms with Crippen LogP contribution in [0.15, 0.2) is 36.4 Å². The van der Waals surface area contributed by atoms with Crippen molar-refractivity contribution in [3.05, 3.63) is 47.5 Å². The van der Waals surface area contributed by atoms with Gasteiger partial charge in [0.2, 0.25) is 0 Å². The normalized spacial score (nSPS) is 15.0. The van der Waals surface area contributed by atoms with Gasteiger partial charge >= 0.3 is 0 Å². The van der Waals surface area contributed by atoms with Gasteiger partial charge in [0.25, 0.3) is 5.91 Å². The molecule has 2 aromatic heterocycles. The average Bonchev–Trinajstić information content (AvgIpc) is 3.15. The SMILES string of the molecule is CC(C)c1ccc(C(=O)N2CCN(c3ccc4nnnn4n3)CC2)cc1. The average molecular weight is 351 g/mol. The second kappa shape index (κ2) is 6.70. The molecule has 8 heteroatoms. The Bertz CT molecular complexity index is 911. The maximum absolute atomic E-state index is 12.7. The van der Waals surface area contributed by atoms with E-state index in [0.29, 0.717) is 24.7 Å². The molecule has 1 aromatic carbocycles. The monoisotopic (exact) mass is 351 g/mol. The molecular formula is C18H21N7O. The summed E-state index contributed by atoms with van der Waals surface area (Å²) < 4.78 is 1.42. The molecule has 1 fully saturated rings. The predicted molar refractivity (Wildman–Crippen MR) is 97.2 cm³/mol. The van der Waals surface area contributed by atoms with Crippen LogP contribution in [0.25, 0.3) is 5.65 Å². The zero-order chi connectivity index (χ0) is 18.1. The number of piperazine rings is 1. The number of hydrogen-bond acceptors (Lipinski definition) is 6. The van der Waals surface area contributed by atoms with Crippen LogP contribution < -0.4 is 4.90 Å². The number of nitrogens with zero attached hydrogens (tertiary/aromatic N) is 7. The summed E-state index contributed by atoms with van der Waals surface area (Å²) in [7, 11) is 0. The van der Waals surface area contributed by atoms with E-state index in [1.54, 1.807) is 0 Å². The Morgan fingerprint density at radius 2 is 1.73 bits per heavy atom. The highest BCUT2D eigenvalue weighted by Crippen LogP contribution is 2.18. The van der Waals surface area contributed by atoms with E-state index in [0.717, 1.165) is 24.5 Å². The molecule has 0 saturated carbocycles. The lowest BCUT2D eigenvalue weighted by atomic mass is 10.0. The van der Waals surface area contributed by atoms with Crippen molar-refractivity contribution in [3.8, 4) is 0 Å². The topological polar surface area (TPSA) is 79.5 Å². The van der Waals surface area contributed by atoms with Gasteiger partial charge in [-0.05, 0) is 46.2 Å². The number of benzene rings is 1. The minimum atomic E-state index is 0.0869. The van der Waals surface area contributed by atoms with Crippen molar-refractivity contribution < 1.29 is 4.79 Å². The van der Waals surface area contributed by atoms with E-state index in [9.17, 15) is 4.79 Å². The third-order valence-electron chi connectivity index (χ3n) is 4.77. The minimum absolute atomic E-state index is 0.0869. The van der Waals surface area contributed by atoms with Gasteiger partial charge in [-0.15, -0.1) is 14.8 Å². The van der Waals surface area contributed by atoms with E-state index in [1.807, 2.05) is 41.3 Å². The van der Waals surface area contributed by atoms with Crippen LogP contribution in [0.5, 0.6) is 0 Å². The molecule has 0 bridgehead atoms. The second-order valence-electron chi connectivity index (χ2n) is 6.77. The molecule has 0 atom stereocenters. The van der Waals surface area contributed by atoms with Crippen molar-refractivity contribution in [2.45, 2.75) is 19.8 Å².